The van der Waals surface area contributed by atoms with E-state index in [0.717, 1.165) is 20.5 Å². The third kappa shape index (κ3) is 4.48. The summed E-state index contributed by atoms with van der Waals surface area (Å²) in [6.07, 6.45) is 7.43. The normalized spacial score (nSPS) is 12.4. The number of benzene rings is 1. The third-order valence-corrected chi connectivity index (χ3v) is 5.44. The van der Waals surface area contributed by atoms with Crippen molar-refractivity contribution in [2.45, 2.75) is 13.5 Å². The molecule has 2 heterocycles. The molecule has 3 rings (SSSR count). The maximum absolute atomic E-state index is 6.27. The van der Waals surface area contributed by atoms with E-state index in [1.807, 2.05) is 42.0 Å². The highest BCUT2D eigenvalue weighted by molar-refractivity contribution is 14.1. The van der Waals surface area contributed by atoms with E-state index in [1.54, 1.807) is 12.4 Å². The Labute approximate surface area is 180 Å². The first-order chi connectivity index (χ1) is 13.0. The van der Waals surface area contributed by atoms with E-state index in [2.05, 4.69) is 54.7 Å². The zero-order chi connectivity index (χ0) is 19.4. The fourth-order valence-corrected chi connectivity index (χ4v) is 3.40. The first-order valence-corrected chi connectivity index (χ1v) is 9.73. The van der Waals surface area contributed by atoms with Crippen molar-refractivity contribution < 1.29 is 0 Å². The molecule has 0 aliphatic heterocycles. The Kier molecular flexibility index (Phi) is 6.46. The average molecular weight is 513 g/mol. The number of halogens is 3. The van der Waals surface area contributed by atoms with Crippen LogP contribution in [0, 0.1) is 3.70 Å². The van der Waals surface area contributed by atoms with Crippen LogP contribution < -0.4 is 0 Å². The lowest BCUT2D eigenvalue weighted by Crippen LogP contribution is -1.97. The van der Waals surface area contributed by atoms with Crippen molar-refractivity contribution in [3.8, 4) is 0 Å². The highest BCUT2D eigenvalue weighted by atomic mass is 127. The molecule has 0 atom stereocenters. The lowest BCUT2D eigenvalue weighted by atomic mass is 10.1. The summed E-state index contributed by atoms with van der Waals surface area (Å²) >= 11 is 14.5. The van der Waals surface area contributed by atoms with E-state index in [4.69, 9.17) is 23.2 Å². The van der Waals surface area contributed by atoms with Crippen LogP contribution in [0.15, 0.2) is 47.9 Å². The van der Waals surface area contributed by atoms with Crippen molar-refractivity contribution in [2.75, 3.05) is 0 Å². The minimum absolute atomic E-state index is 0.530. The van der Waals surface area contributed by atoms with Crippen molar-refractivity contribution in [1.29, 1.82) is 0 Å². The number of nitrogens with zero attached hydrogens (tertiary/aromatic N) is 5. The second-order valence-electron chi connectivity index (χ2n) is 5.54. The van der Waals surface area contributed by atoms with E-state index >= 15 is 0 Å². The molecular weight excluding hydrogens is 498 g/mol. The number of hydrogen-bond donors (Lipinski definition) is 1. The lowest BCUT2D eigenvalue weighted by Gasteiger charge is -2.06. The molecule has 0 saturated heterocycles. The van der Waals surface area contributed by atoms with Crippen molar-refractivity contribution in [2.24, 2.45) is 4.99 Å². The minimum Gasteiger partial charge on any atom is -0.332 e. The van der Waals surface area contributed by atoms with Gasteiger partial charge in [0, 0.05) is 11.8 Å². The zero-order valence-electron chi connectivity index (χ0n) is 14.3. The van der Waals surface area contributed by atoms with Gasteiger partial charge in [-0.25, -0.2) is 4.98 Å². The molecule has 0 aliphatic rings. The van der Waals surface area contributed by atoms with Crippen LogP contribution in [0.3, 0.4) is 0 Å². The minimum atomic E-state index is 0.530. The molecule has 0 fully saturated rings. The van der Waals surface area contributed by atoms with Crippen LogP contribution in [-0.4, -0.2) is 31.7 Å². The Morgan fingerprint density at radius 2 is 2.19 bits per heavy atom. The predicted molar refractivity (Wildman–Crippen MR) is 118 cm³/mol. The summed E-state index contributed by atoms with van der Waals surface area (Å²) in [6.45, 7) is 6.15. The SMILES string of the molecule is C=N/C(=C\C(=C/C)c1n[nH]nc1I)c1cn(Cc2cccc(Cl)c2Cl)cn1. The third-order valence-electron chi connectivity index (χ3n) is 3.83. The van der Waals surface area contributed by atoms with E-state index in [0.29, 0.717) is 28.0 Å². The number of H-pyrrole nitrogens is 1. The summed E-state index contributed by atoms with van der Waals surface area (Å²) in [5.74, 6) is 0. The second kappa shape index (κ2) is 8.81. The first-order valence-electron chi connectivity index (χ1n) is 7.90. The molecule has 0 spiro atoms. The smallest absolute Gasteiger partial charge is 0.151 e. The number of aromatic amines is 1. The van der Waals surface area contributed by atoms with Gasteiger partial charge in [-0.2, -0.15) is 10.3 Å². The van der Waals surface area contributed by atoms with Gasteiger partial charge in [0.05, 0.1) is 28.6 Å². The Morgan fingerprint density at radius 1 is 1.37 bits per heavy atom. The van der Waals surface area contributed by atoms with E-state index < -0.39 is 0 Å². The maximum atomic E-state index is 6.27. The van der Waals surface area contributed by atoms with Gasteiger partial charge in [0.2, 0.25) is 0 Å². The molecule has 0 amide bonds. The molecule has 0 saturated carbocycles. The van der Waals surface area contributed by atoms with Gasteiger partial charge in [-0.1, -0.05) is 41.4 Å². The van der Waals surface area contributed by atoms with Gasteiger partial charge < -0.3 is 4.57 Å². The molecule has 0 radical (unpaired) electrons. The quantitative estimate of drug-likeness (QED) is 0.283. The van der Waals surface area contributed by atoms with Crippen LogP contribution in [0.2, 0.25) is 10.0 Å². The van der Waals surface area contributed by atoms with E-state index in [-0.39, 0.29) is 0 Å². The van der Waals surface area contributed by atoms with E-state index in [9.17, 15) is 0 Å². The number of rotatable bonds is 6. The molecule has 0 unspecified atom stereocenters. The summed E-state index contributed by atoms with van der Waals surface area (Å²) in [7, 11) is 0. The van der Waals surface area contributed by atoms with E-state index in [1.165, 1.54) is 0 Å². The zero-order valence-corrected chi connectivity index (χ0v) is 18.0. The number of hydrogen-bond acceptors (Lipinski definition) is 4. The van der Waals surface area contributed by atoms with Crippen LogP contribution in [0.25, 0.3) is 11.3 Å². The number of allylic oxidation sites excluding steroid dienone is 3. The van der Waals surface area contributed by atoms with Crippen LogP contribution >= 0.6 is 45.8 Å². The molecule has 6 nitrogen and oxygen atoms in total. The van der Waals surface area contributed by atoms with Crippen LogP contribution in [-0.2, 0) is 6.54 Å². The summed E-state index contributed by atoms with van der Waals surface area (Å²) in [4.78, 5) is 8.56. The van der Waals surface area contributed by atoms with Crippen LogP contribution in [0.5, 0.6) is 0 Å². The Bertz CT molecular complexity index is 1030. The van der Waals surface area contributed by atoms with Gasteiger partial charge in [-0.15, -0.1) is 5.10 Å². The topological polar surface area (TPSA) is 71.8 Å². The van der Waals surface area contributed by atoms with Gasteiger partial charge in [-0.3, -0.25) is 4.99 Å². The Morgan fingerprint density at radius 3 is 2.85 bits per heavy atom. The average Bonchev–Trinajstić information content (AvgIpc) is 3.29. The molecule has 2 aromatic heterocycles. The molecular formula is C18H15Cl2IN6. The van der Waals surface area contributed by atoms with Crippen molar-refractivity contribution in [3.05, 3.63) is 73.6 Å². The number of aromatic nitrogens is 5. The van der Waals surface area contributed by atoms with Crippen molar-refractivity contribution in [3.63, 3.8) is 0 Å². The van der Waals surface area contributed by atoms with Crippen LogP contribution in [0.1, 0.15) is 23.9 Å². The van der Waals surface area contributed by atoms with Crippen molar-refractivity contribution >= 4 is 63.8 Å². The summed E-state index contributed by atoms with van der Waals surface area (Å²) < 4.78 is 2.70. The predicted octanol–water partition coefficient (Wildman–Crippen LogP) is 5.11. The molecule has 1 N–H and O–H groups in total. The van der Waals surface area contributed by atoms with Gasteiger partial charge >= 0.3 is 0 Å². The van der Waals surface area contributed by atoms with Crippen LogP contribution in [0.4, 0.5) is 0 Å². The molecule has 0 bridgehead atoms. The lowest BCUT2D eigenvalue weighted by molar-refractivity contribution is 0.797. The summed E-state index contributed by atoms with van der Waals surface area (Å²) in [5.41, 5.74) is 3.88. The highest BCUT2D eigenvalue weighted by Crippen LogP contribution is 2.27. The van der Waals surface area contributed by atoms with Gasteiger partial charge in [0.25, 0.3) is 0 Å². The first kappa shape index (κ1) is 19.8. The maximum Gasteiger partial charge on any atom is 0.151 e. The summed E-state index contributed by atoms with van der Waals surface area (Å²) in [5, 5.41) is 11.9. The highest BCUT2D eigenvalue weighted by Gasteiger charge is 2.12. The molecule has 1 aromatic carbocycles. The molecule has 27 heavy (non-hydrogen) atoms. The fourth-order valence-electron chi connectivity index (χ4n) is 2.48. The second-order valence-corrected chi connectivity index (χ2v) is 7.35. The Hall–Kier alpha value is -1.97. The fraction of sp³-hybridized carbons (Fsp3) is 0.111. The summed E-state index contributed by atoms with van der Waals surface area (Å²) in [6, 6.07) is 5.57. The number of aliphatic imine (C=N–C) groups is 1. The molecule has 9 heteroatoms. The van der Waals surface area contributed by atoms with Gasteiger partial charge in [0.15, 0.2) is 3.70 Å². The molecule has 138 valence electrons. The standard InChI is InChI=1S/C18H15Cl2IN6/c1-3-11(17-18(21)25-26-24-17)7-14(22-2)15-9-27(10-23-15)8-12-5-4-6-13(19)16(12)20/h3-7,9-10H,2,8H2,1H3,(H,24,25,26)/b11-3+,14-7-. The molecule has 3 aromatic rings. The number of nitrogens with one attached hydrogen (secondary N) is 1. The van der Waals surface area contributed by atoms with Gasteiger partial charge in [-0.05, 0) is 53.9 Å². The number of imidazole rings is 1. The largest absolute Gasteiger partial charge is 0.332 e. The Balaban J connectivity index is 1.88. The van der Waals surface area contributed by atoms with Gasteiger partial charge in [0.1, 0.15) is 11.4 Å². The van der Waals surface area contributed by atoms with Crippen molar-refractivity contribution in [1.82, 2.24) is 25.0 Å². The molecule has 0 aliphatic carbocycles. The monoisotopic (exact) mass is 512 g/mol.